The van der Waals surface area contributed by atoms with Gasteiger partial charge in [0.2, 0.25) is 0 Å². The molecule has 1 amide bonds. The van der Waals surface area contributed by atoms with Crippen molar-refractivity contribution in [2.24, 2.45) is 13.0 Å². The van der Waals surface area contributed by atoms with Crippen LogP contribution in [-0.4, -0.2) is 38.8 Å². The fourth-order valence-corrected chi connectivity index (χ4v) is 3.22. The van der Waals surface area contributed by atoms with Gasteiger partial charge in [0, 0.05) is 37.4 Å². The van der Waals surface area contributed by atoms with Gasteiger partial charge in [-0.3, -0.25) is 9.48 Å². The molecule has 2 aromatic heterocycles. The van der Waals surface area contributed by atoms with Crippen molar-refractivity contribution in [1.82, 2.24) is 25.1 Å². The number of hydrogen-bond acceptors (Lipinski definition) is 4. The smallest absolute Gasteiger partial charge is 0.269 e. The summed E-state index contributed by atoms with van der Waals surface area (Å²) in [4.78, 5) is 19.2. The van der Waals surface area contributed by atoms with Crippen molar-refractivity contribution in [3.05, 3.63) is 34.7 Å². The maximum atomic E-state index is 12.2. The number of amides is 1. The van der Waals surface area contributed by atoms with E-state index < -0.39 is 0 Å². The number of carbonyl (C=O) groups is 1. The van der Waals surface area contributed by atoms with E-state index in [2.05, 4.69) is 27.3 Å². The topological polar surface area (TPSA) is 84.8 Å². The van der Waals surface area contributed by atoms with E-state index in [1.165, 1.54) is 0 Å². The minimum absolute atomic E-state index is 0.00694. The zero-order valence-corrected chi connectivity index (χ0v) is 14.0. The van der Waals surface area contributed by atoms with Crippen molar-refractivity contribution in [3.8, 4) is 0 Å². The van der Waals surface area contributed by atoms with Crippen molar-refractivity contribution in [3.63, 3.8) is 0 Å². The Hall–Kier alpha value is -2.15. The molecule has 23 heavy (non-hydrogen) atoms. The molecule has 7 nitrogen and oxygen atoms in total. The number of carbonyl (C=O) groups excluding carboxylic acids is 1. The molecule has 0 saturated carbocycles. The number of aromatic amines is 1. The number of hydrogen-bond donors (Lipinski definition) is 2. The molecule has 0 spiro atoms. The lowest BCUT2D eigenvalue weighted by molar-refractivity contribution is 0.0838. The SMILES string of the molecule is Cc1ncc(C(=O)NC[C@H]2CCO[C@@H]2c2c(C)nn(C)c2C)[nH]1. The first-order valence-corrected chi connectivity index (χ1v) is 7.89. The lowest BCUT2D eigenvalue weighted by Gasteiger charge is -2.19. The highest BCUT2D eigenvalue weighted by Crippen LogP contribution is 2.37. The van der Waals surface area contributed by atoms with Gasteiger partial charge in [-0.2, -0.15) is 5.10 Å². The monoisotopic (exact) mass is 317 g/mol. The Morgan fingerprint density at radius 2 is 2.26 bits per heavy atom. The van der Waals surface area contributed by atoms with Crippen molar-refractivity contribution < 1.29 is 9.53 Å². The van der Waals surface area contributed by atoms with Crippen LogP contribution in [0.5, 0.6) is 0 Å². The third kappa shape index (κ3) is 3.01. The van der Waals surface area contributed by atoms with Gasteiger partial charge in [-0.05, 0) is 27.2 Å². The number of H-pyrrole nitrogens is 1. The summed E-state index contributed by atoms with van der Waals surface area (Å²) >= 11 is 0. The molecule has 1 aliphatic rings. The summed E-state index contributed by atoms with van der Waals surface area (Å²) in [5.41, 5.74) is 3.76. The second-order valence-electron chi connectivity index (χ2n) is 6.14. The number of aryl methyl sites for hydroxylation is 3. The zero-order valence-electron chi connectivity index (χ0n) is 14.0. The van der Waals surface area contributed by atoms with Crippen LogP contribution in [0.1, 0.15) is 45.8 Å². The largest absolute Gasteiger partial charge is 0.373 e. The van der Waals surface area contributed by atoms with E-state index in [0.29, 0.717) is 18.8 Å². The summed E-state index contributed by atoms with van der Waals surface area (Å²) in [7, 11) is 1.94. The highest BCUT2D eigenvalue weighted by Gasteiger charge is 2.33. The first-order chi connectivity index (χ1) is 11.0. The quantitative estimate of drug-likeness (QED) is 0.896. The van der Waals surface area contributed by atoms with Gasteiger partial charge in [-0.1, -0.05) is 0 Å². The highest BCUT2D eigenvalue weighted by atomic mass is 16.5. The first kappa shape index (κ1) is 15.7. The number of ether oxygens (including phenoxy) is 1. The van der Waals surface area contributed by atoms with E-state index >= 15 is 0 Å². The molecular formula is C16H23N5O2. The average molecular weight is 317 g/mol. The molecular weight excluding hydrogens is 294 g/mol. The molecule has 2 atom stereocenters. The van der Waals surface area contributed by atoms with Crippen LogP contribution < -0.4 is 5.32 Å². The molecule has 1 fully saturated rings. The molecule has 7 heteroatoms. The maximum Gasteiger partial charge on any atom is 0.269 e. The summed E-state index contributed by atoms with van der Waals surface area (Å²) in [6.45, 7) is 7.18. The Bertz CT molecular complexity index is 718. The van der Waals surface area contributed by atoms with Gasteiger partial charge >= 0.3 is 0 Å². The molecule has 124 valence electrons. The second kappa shape index (κ2) is 6.16. The molecule has 1 saturated heterocycles. The molecule has 0 bridgehead atoms. The summed E-state index contributed by atoms with van der Waals surface area (Å²) < 4.78 is 7.83. The van der Waals surface area contributed by atoms with E-state index in [0.717, 1.165) is 29.2 Å². The van der Waals surface area contributed by atoms with Crippen molar-refractivity contribution in [2.75, 3.05) is 13.2 Å². The Kier molecular flexibility index (Phi) is 4.21. The van der Waals surface area contributed by atoms with Crippen molar-refractivity contribution in [1.29, 1.82) is 0 Å². The predicted molar refractivity (Wildman–Crippen MR) is 85.1 cm³/mol. The van der Waals surface area contributed by atoms with Crippen LogP contribution in [-0.2, 0) is 11.8 Å². The number of aromatic nitrogens is 4. The van der Waals surface area contributed by atoms with E-state index in [-0.39, 0.29) is 17.9 Å². The van der Waals surface area contributed by atoms with Crippen LogP contribution in [0, 0.1) is 26.7 Å². The van der Waals surface area contributed by atoms with Gasteiger partial charge in [0.25, 0.3) is 5.91 Å². The fourth-order valence-electron chi connectivity index (χ4n) is 3.22. The molecule has 2 N–H and O–H groups in total. The minimum atomic E-state index is -0.129. The van der Waals surface area contributed by atoms with Gasteiger partial charge < -0.3 is 15.0 Å². The number of imidazole rings is 1. The number of rotatable bonds is 4. The van der Waals surface area contributed by atoms with Crippen molar-refractivity contribution >= 4 is 5.91 Å². The summed E-state index contributed by atoms with van der Waals surface area (Å²) in [6, 6.07) is 0. The second-order valence-corrected chi connectivity index (χ2v) is 6.14. The van der Waals surface area contributed by atoms with Gasteiger partial charge in [-0.15, -0.1) is 0 Å². The van der Waals surface area contributed by atoms with Gasteiger partial charge in [0.05, 0.1) is 18.0 Å². The molecule has 3 rings (SSSR count). The van der Waals surface area contributed by atoms with E-state index in [1.807, 2.05) is 25.6 Å². The van der Waals surface area contributed by atoms with Gasteiger partial charge in [-0.25, -0.2) is 4.98 Å². The summed E-state index contributed by atoms with van der Waals surface area (Å²) in [5.74, 6) is 0.860. The Labute approximate surface area is 135 Å². The average Bonchev–Trinajstić information content (AvgIpc) is 3.18. The van der Waals surface area contributed by atoms with Crippen LogP contribution in [0.2, 0.25) is 0 Å². The molecule has 0 radical (unpaired) electrons. The van der Waals surface area contributed by atoms with Gasteiger partial charge in [0.1, 0.15) is 11.5 Å². The Balaban J connectivity index is 1.69. The predicted octanol–water partition coefficient (Wildman–Crippen LogP) is 1.58. The Morgan fingerprint density at radius 3 is 2.87 bits per heavy atom. The molecule has 1 aliphatic heterocycles. The summed E-state index contributed by atoms with van der Waals surface area (Å²) in [6.07, 6.45) is 2.48. The fraction of sp³-hybridized carbons (Fsp3) is 0.562. The Morgan fingerprint density at radius 1 is 1.48 bits per heavy atom. The minimum Gasteiger partial charge on any atom is -0.373 e. The number of nitrogens with zero attached hydrogens (tertiary/aromatic N) is 3. The van der Waals surface area contributed by atoms with E-state index in [1.54, 1.807) is 6.20 Å². The highest BCUT2D eigenvalue weighted by molar-refractivity contribution is 5.92. The standard InChI is InChI=1S/C16H23N5O2/c1-9-14(10(2)21(4)20-9)15-12(5-6-23-15)7-18-16(22)13-8-17-11(3)19-13/h8,12,15H,5-7H2,1-4H3,(H,17,19)(H,18,22)/t12-,15+/m1/s1. The molecule has 2 aromatic rings. The summed E-state index contributed by atoms with van der Waals surface area (Å²) in [5, 5.41) is 7.45. The van der Waals surface area contributed by atoms with E-state index in [4.69, 9.17) is 4.74 Å². The normalized spacial score (nSPS) is 20.9. The molecule has 0 aromatic carbocycles. The third-order valence-corrected chi connectivity index (χ3v) is 4.54. The zero-order chi connectivity index (χ0) is 16.6. The van der Waals surface area contributed by atoms with Crippen molar-refractivity contribution in [2.45, 2.75) is 33.3 Å². The lowest BCUT2D eigenvalue weighted by atomic mass is 9.94. The molecule has 0 unspecified atom stereocenters. The first-order valence-electron chi connectivity index (χ1n) is 7.89. The van der Waals surface area contributed by atoms with Crippen LogP contribution in [0.25, 0.3) is 0 Å². The van der Waals surface area contributed by atoms with Crippen LogP contribution in [0.15, 0.2) is 6.20 Å². The molecule has 0 aliphatic carbocycles. The maximum absolute atomic E-state index is 12.2. The van der Waals surface area contributed by atoms with Gasteiger partial charge in [0.15, 0.2) is 0 Å². The van der Waals surface area contributed by atoms with E-state index in [9.17, 15) is 4.79 Å². The lowest BCUT2D eigenvalue weighted by Crippen LogP contribution is -2.31. The molecule has 3 heterocycles. The van der Waals surface area contributed by atoms with Crippen LogP contribution in [0.3, 0.4) is 0 Å². The third-order valence-electron chi connectivity index (χ3n) is 4.54. The van der Waals surface area contributed by atoms with Crippen LogP contribution >= 0.6 is 0 Å². The van der Waals surface area contributed by atoms with Crippen LogP contribution in [0.4, 0.5) is 0 Å². The number of nitrogens with one attached hydrogen (secondary N) is 2.